The lowest BCUT2D eigenvalue weighted by Crippen LogP contribution is -2.26. The van der Waals surface area contributed by atoms with E-state index in [4.69, 9.17) is 17.3 Å². The number of alkyl halides is 6. The molecule has 0 saturated heterocycles. The van der Waals surface area contributed by atoms with Crippen molar-refractivity contribution in [3.63, 3.8) is 0 Å². The van der Waals surface area contributed by atoms with Crippen LogP contribution in [0.2, 0.25) is 0 Å². The summed E-state index contributed by atoms with van der Waals surface area (Å²) < 4.78 is 85.3. The topological polar surface area (TPSA) is 90.7 Å². The summed E-state index contributed by atoms with van der Waals surface area (Å²) in [6.45, 7) is -0.126. The maximum atomic E-state index is 12.8. The highest BCUT2D eigenvalue weighted by atomic mass is 79.9. The summed E-state index contributed by atoms with van der Waals surface area (Å²) in [5.74, 6) is -2.72. The van der Waals surface area contributed by atoms with Crippen LogP contribution in [0.15, 0.2) is 78.8 Å². The number of carbonyl (C=O) groups excluding carboxylic acids is 2. The molecule has 0 bridgehead atoms. The van der Waals surface area contributed by atoms with Crippen LogP contribution in [0.3, 0.4) is 0 Å². The van der Waals surface area contributed by atoms with Gasteiger partial charge in [-0.05, 0) is 67.7 Å². The summed E-state index contributed by atoms with van der Waals surface area (Å²) in [6.07, 6.45) is -9.32. The minimum absolute atomic E-state index is 0.0623. The Labute approximate surface area is 260 Å². The first-order valence-electron chi connectivity index (χ1n) is 11.0. The molecule has 17 heteroatoms. The molecule has 3 N–H and O–H groups in total. The maximum absolute atomic E-state index is 12.8. The quantitative estimate of drug-likeness (QED) is 0.185. The Hall–Kier alpha value is -2.01. The third-order valence-electron chi connectivity index (χ3n) is 4.49. The van der Waals surface area contributed by atoms with Crippen LogP contribution in [0, 0.1) is 0 Å². The van der Waals surface area contributed by atoms with Crippen LogP contribution >= 0.6 is 67.0 Å². The number of thioether (sulfide) groups is 2. The van der Waals surface area contributed by atoms with Crippen LogP contribution < -0.4 is 11.1 Å². The van der Waals surface area contributed by atoms with Crippen molar-refractivity contribution in [3.8, 4) is 0 Å². The maximum Gasteiger partial charge on any atom is 0.450 e. The molecule has 2 aromatic rings. The Kier molecular flexibility index (Phi) is 13.7. The van der Waals surface area contributed by atoms with Crippen molar-refractivity contribution < 1.29 is 45.4 Å². The highest BCUT2D eigenvalue weighted by Crippen LogP contribution is 2.38. The van der Waals surface area contributed by atoms with Gasteiger partial charge in [0.2, 0.25) is 11.5 Å². The van der Waals surface area contributed by atoms with Gasteiger partial charge in [-0.1, -0.05) is 24.3 Å². The van der Waals surface area contributed by atoms with E-state index in [9.17, 15) is 35.9 Å². The molecule has 0 aliphatic carbocycles. The van der Waals surface area contributed by atoms with Crippen molar-refractivity contribution in [2.24, 2.45) is 0 Å². The third kappa shape index (κ3) is 11.3. The molecule has 0 saturated carbocycles. The molecule has 41 heavy (non-hydrogen) atoms. The van der Waals surface area contributed by atoms with Crippen LogP contribution in [-0.4, -0.2) is 48.2 Å². The Balaban J connectivity index is 0.000000239. The van der Waals surface area contributed by atoms with E-state index in [-0.39, 0.29) is 13.2 Å². The molecule has 1 amide bonds. The molecule has 0 atom stereocenters. The number of para-hydroxylation sites is 2. The summed E-state index contributed by atoms with van der Waals surface area (Å²) in [5, 5.41) is 1.31. The van der Waals surface area contributed by atoms with E-state index in [1.165, 1.54) is 0 Å². The van der Waals surface area contributed by atoms with Gasteiger partial charge in [0.25, 0.3) is 11.1 Å². The number of hydrogen-bond acceptors (Lipinski definition) is 7. The molecule has 4 rings (SSSR count). The van der Waals surface area contributed by atoms with Crippen molar-refractivity contribution in [2.75, 3.05) is 35.8 Å². The van der Waals surface area contributed by atoms with E-state index in [1.54, 1.807) is 24.3 Å². The van der Waals surface area contributed by atoms with Gasteiger partial charge in [-0.3, -0.25) is 9.59 Å². The second kappa shape index (κ2) is 16.0. The molecule has 224 valence electrons. The average molecular weight is 773 g/mol. The van der Waals surface area contributed by atoms with Gasteiger partial charge >= 0.3 is 12.4 Å². The summed E-state index contributed by atoms with van der Waals surface area (Å²) in [4.78, 5) is 21.5. The molecule has 2 heterocycles. The molecule has 2 aromatic carbocycles. The fourth-order valence-corrected chi connectivity index (χ4v) is 5.36. The standard InChI is InChI=1S/C12H9BrF3NO2S.C6H6BrN.C6H4ClF3O2S/c13-7-3-1-2-4-8(7)17-11(18)9-10(12(14,15)16)19-5-6-20-9;7-5-3-1-2-4-6(5)8;7-5(11)3-4(6(8,9)10)12-1-2-13-3/h1-4H,5-6H2,(H,17,18);1-4H,8H2;1-2H2. The number of ether oxygens (including phenoxy) is 2. The zero-order valence-electron chi connectivity index (χ0n) is 20.4. The molecule has 0 spiro atoms. The lowest BCUT2D eigenvalue weighted by Gasteiger charge is -2.22. The number of anilines is 2. The molecule has 0 radical (unpaired) electrons. The number of rotatable bonds is 3. The number of halogens is 9. The summed E-state index contributed by atoms with van der Waals surface area (Å²) in [5.41, 5.74) is 6.66. The first-order chi connectivity index (χ1) is 19.1. The second-order valence-corrected chi connectivity index (χ2v) is 11.7. The van der Waals surface area contributed by atoms with E-state index < -0.39 is 44.8 Å². The molecular formula is C24H19Br2ClF6N2O4S2. The van der Waals surface area contributed by atoms with E-state index in [2.05, 4.69) is 46.7 Å². The van der Waals surface area contributed by atoms with Gasteiger partial charge in [0, 0.05) is 26.1 Å². The second-order valence-electron chi connectivity index (χ2n) is 7.44. The average Bonchev–Trinajstić information content (AvgIpc) is 2.91. The number of nitrogen functional groups attached to an aromatic ring is 1. The van der Waals surface area contributed by atoms with Crippen LogP contribution in [-0.2, 0) is 19.1 Å². The van der Waals surface area contributed by atoms with Gasteiger partial charge in [-0.15, -0.1) is 23.5 Å². The summed E-state index contributed by atoms with van der Waals surface area (Å²) >= 11 is 13.0. The number of nitrogens with one attached hydrogen (secondary N) is 1. The van der Waals surface area contributed by atoms with Crippen molar-refractivity contribution in [2.45, 2.75) is 12.4 Å². The lowest BCUT2D eigenvalue weighted by molar-refractivity contribution is -0.133. The number of carbonyl (C=O) groups is 2. The van der Waals surface area contributed by atoms with Gasteiger partial charge in [0.15, 0.2) is 0 Å². The monoisotopic (exact) mass is 770 g/mol. The molecule has 0 fully saturated rings. The first kappa shape index (κ1) is 35.2. The Bertz CT molecular complexity index is 1290. The van der Waals surface area contributed by atoms with Crippen molar-refractivity contribution in [1.29, 1.82) is 0 Å². The van der Waals surface area contributed by atoms with Crippen LogP contribution in [0.1, 0.15) is 0 Å². The third-order valence-corrected chi connectivity index (χ3v) is 8.27. The van der Waals surface area contributed by atoms with Gasteiger partial charge < -0.3 is 20.5 Å². The first-order valence-corrected chi connectivity index (χ1v) is 15.0. The van der Waals surface area contributed by atoms with Gasteiger partial charge in [0.1, 0.15) is 9.81 Å². The predicted molar refractivity (Wildman–Crippen MR) is 155 cm³/mol. The predicted octanol–water partition coefficient (Wildman–Crippen LogP) is 8.25. The minimum Gasteiger partial charge on any atom is -0.487 e. The van der Waals surface area contributed by atoms with Gasteiger partial charge in [0.05, 0.1) is 18.9 Å². The van der Waals surface area contributed by atoms with E-state index in [0.717, 1.165) is 33.7 Å². The lowest BCUT2D eigenvalue weighted by atomic mass is 10.3. The normalized spacial score (nSPS) is 15.3. The Morgan fingerprint density at radius 2 is 1.27 bits per heavy atom. The highest BCUT2D eigenvalue weighted by molar-refractivity contribution is 9.11. The fraction of sp³-hybridized carbons (Fsp3) is 0.250. The Morgan fingerprint density at radius 3 is 1.68 bits per heavy atom. The number of amides is 1. The Morgan fingerprint density at radius 1 is 0.805 bits per heavy atom. The van der Waals surface area contributed by atoms with E-state index >= 15 is 0 Å². The van der Waals surface area contributed by atoms with Crippen molar-refractivity contribution in [1.82, 2.24) is 0 Å². The largest absolute Gasteiger partial charge is 0.487 e. The molecule has 0 unspecified atom stereocenters. The van der Waals surface area contributed by atoms with Gasteiger partial charge in [-0.25, -0.2) is 0 Å². The van der Waals surface area contributed by atoms with E-state index in [0.29, 0.717) is 21.7 Å². The zero-order chi connectivity index (χ0) is 30.8. The molecule has 2 aliphatic rings. The fourth-order valence-electron chi connectivity index (χ4n) is 2.79. The summed E-state index contributed by atoms with van der Waals surface area (Å²) in [6, 6.07) is 14.3. The molecular weight excluding hydrogens is 754 g/mol. The number of nitrogens with two attached hydrogens (primary N) is 1. The zero-order valence-corrected chi connectivity index (χ0v) is 25.9. The van der Waals surface area contributed by atoms with Crippen LogP contribution in [0.4, 0.5) is 37.7 Å². The highest BCUT2D eigenvalue weighted by Gasteiger charge is 2.43. The van der Waals surface area contributed by atoms with E-state index in [1.807, 2.05) is 24.3 Å². The van der Waals surface area contributed by atoms with Crippen molar-refractivity contribution >= 4 is 89.5 Å². The SMILES string of the molecule is Nc1ccccc1Br.O=C(Cl)C1=C(C(F)(F)F)OCCS1.O=C(Nc1ccccc1Br)C1=C(C(F)(F)F)OCCS1. The van der Waals surface area contributed by atoms with Crippen molar-refractivity contribution in [3.05, 3.63) is 78.8 Å². The van der Waals surface area contributed by atoms with Crippen LogP contribution in [0.25, 0.3) is 0 Å². The molecule has 6 nitrogen and oxygen atoms in total. The number of hydrogen-bond donors (Lipinski definition) is 2. The van der Waals surface area contributed by atoms with Gasteiger partial charge in [-0.2, -0.15) is 26.3 Å². The molecule has 0 aromatic heterocycles. The number of allylic oxidation sites excluding steroid dienone is 3. The smallest absolute Gasteiger partial charge is 0.450 e. The number of benzene rings is 2. The summed E-state index contributed by atoms with van der Waals surface area (Å²) in [7, 11) is 0. The minimum atomic E-state index is -4.67. The molecule has 2 aliphatic heterocycles. The van der Waals surface area contributed by atoms with Crippen LogP contribution in [0.5, 0.6) is 0 Å².